The lowest BCUT2D eigenvalue weighted by atomic mass is 9.95. The van der Waals surface area contributed by atoms with Gasteiger partial charge in [0.05, 0.1) is 6.04 Å². The van der Waals surface area contributed by atoms with Gasteiger partial charge >= 0.3 is 0 Å². The van der Waals surface area contributed by atoms with Gasteiger partial charge in [-0.3, -0.25) is 9.69 Å². The molecule has 1 aromatic rings. The number of carbonyl (C=O) groups is 1. The van der Waals surface area contributed by atoms with Crippen LogP contribution in [0.4, 0.5) is 0 Å². The summed E-state index contributed by atoms with van der Waals surface area (Å²) in [6, 6.07) is 10.3. The molecule has 1 heterocycles. The molecule has 0 radical (unpaired) electrons. The quantitative estimate of drug-likeness (QED) is 0.836. The Morgan fingerprint density at radius 3 is 2.42 bits per heavy atom. The van der Waals surface area contributed by atoms with E-state index in [1.807, 2.05) is 18.7 Å². The molecule has 1 saturated heterocycles. The fraction of sp³-hybridized carbons (Fsp3) is 0.650. The van der Waals surface area contributed by atoms with E-state index in [0.29, 0.717) is 5.92 Å². The largest absolute Gasteiger partial charge is 0.341 e. The standard InChI is InChI=1S/C20H33N3O/c1-4-23(20(24)19(21)16(2)3)15-18-10-12-22(13-11-18)14-17-8-6-5-7-9-17/h5-9,16,18-19H,4,10-15,21H2,1-3H3/t19-/m0/s1. The molecule has 4 heteroatoms. The lowest BCUT2D eigenvalue weighted by molar-refractivity contribution is -0.134. The van der Waals surface area contributed by atoms with Crippen LogP contribution in [0.15, 0.2) is 30.3 Å². The van der Waals surface area contributed by atoms with Gasteiger partial charge in [-0.05, 0) is 50.3 Å². The molecule has 24 heavy (non-hydrogen) atoms. The number of rotatable bonds is 7. The zero-order chi connectivity index (χ0) is 17.5. The number of piperidine rings is 1. The van der Waals surface area contributed by atoms with Crippen molar-refractivity contribution in [3.63, 3.8) is 0 Å². The van der Waals surface area contributed by atoms with Crippen LogP contribution in [0.5, 0.6) is 0 Å². The van der Waals surface area contributed by atoms with Gasteiger partial charge in [0.1, 0.15) is 0 Å². The summed E-state index contributed by atoms with van der Waals surface area (Å²) >= 11 is 0. The molecular formula is C20H33N3O. The Morgan fingerprint density at radius 1 is 1.25 bits per heavy atom. The Kier molecular flexibility index (Phi) is 7.25. The van der Waals surface area contributed by atoms with Crippen molar-refractivity contribution >= 4 is 5.91 Å². The van der Waals surface area contributed by atoms with Crippen molar-refractivity contribution in [2.75, 3.05) is 26.2 Å². The molecule has 0 aliphatic carbocycles. The molecular weight excluding hydrogens is 298 g/mol. The number of hydrogen-bond acceptors (Lipinski definition) is 3. The third-order valence-electron chi connectivity index (χ3n) is 5.13. The number of benzene rings is 1. The Hall–Kier alpha value is -1.39. The molecule has 2 rings (SSSR count). The van der Waals surface area contributed by atoms with E-state index in [-0.39, 0.29) is 17.9 Å². The lowest BCUT2D eigenvalue weighted by Gasteiger charge is -2.35. The first-order valence-corrected chi connectivity index (χ1v) is 9.32. The second kappa shape index (κ2) is 9.19. The highest BCUT2D eigenvalue weighted by molar-refractivity contribution is 5.81. The Morgan fingerprint density at radius 2 is 1.88 bits per heavy atom. The molecule has 0 bridgehead atoms. The van der Waals surface area contributed by atoms with Crippen LogP contribution < -0.4 is 5.73 Å². The van der Waals surface area contributed by atoms with E-state index in [1.54, 1.807) is 0 Å². The van der Waals surface area contributed by atoms with Gasteiger partial charge in [0.2, 0.25) is 5.91 Å². The van der Waals surface area contributed by atoms with Crippen molar-refractivity contribution in [3.05, 3.63) is 35.9 Å². The van der Waals surface area contributed by atoms with E-state index in [2.05, 4.69) is 42.2 Å². The van der Waals surface area contributed by atoms with E-state index >= 15 is 0 Å². The van der Waals surface area contributed by atoms with E-state index in [1.165, 1.54) is 5.56 Å². The van der Waals surface area contributed by atoms with E-state index in [0.717, 1.165) is 45.6 Å². The zero-order valence-corrected chi connectivity index (χ0v) is 15.4. The van der Waals surface area contributed by atoms with Crippen LogP contribution in [0, 0.1) is 11.8 Å². The third kappa shape index (κ3) is 5.32. The molecule has 1 atom stereocenters. The van der Waals surface area contributed by atoms with Crippen molar-refractivity contribution in [1.29, 1.82) is 0 Å². The van der Waals surface area contributed by atoms with Gasteiger partial charge in [0, 0.05) is 19.6 Å². The molecule has 1 amide bonds. The monoisotopic (exact) mass is 331 g/mol. The predicted molar refractivity (Wildman–Crippen MR) is 99.5 cm³/mol. The molecule has 1 aromatic carbocycles. The smallest absolute Gasteiger partial charge is 0.239 e. The number of likely N-dealkylation sites (N-methyl/N-ethyl adjacent to an activating group) is 1. The Balaban J connectivity index is 1.80. The minimum Gasteiger partial charge on any atom is -0.341 e. The summed E-state index contributed by atoms with van der Waals surface area (Å²) in [4.78, 5) is 17.0. The number of hydrogen-bond donors (Lipinski definition) is 1. The number of nitrogens with two attached hydrogens (primary N) is 1. The molecule has 4 nitrogen and oxygen atoms in total. The molecule has 2 N–H and O–H groups in total. The highest BCUT2D eigenvalue weighted by Crippen LogP contribution is 2.20. The van der Waals surface area contributed by atoms with Crippen molar-refractivity contribution in [3.8, 4) is 0 Å². The minimum absolute atomic E-state index is 0.110. The fourth-order valence-corrected chi connectivity index (χ4v) is 3.35. The number of carbonyl (C=O) groups excluding carboxylic acids is 1. The number of nitrogens with zero attached hydrogens (tertiary/aromatic N) is 2. The number of amides is 1. The van der Waals surface area contributed by atoms with Crippen molar-refractivity contribution in [2.24, 2.45) is 17.6 Å². The van der Waals surface area contributed by atoms with Gasteiger partial charge in [0.25, 0.3) is 0 Å². The molecule has 0 spiro atoms. The molecule has 134 valence electrons. The average molecular weight is 332 g/mol. The van der Waals surface area contributed by atoms with Gasteiger partial charge in [-0.15, -0.1) is 0 Å². The summed E-state index contributed by atoms with van der Waals surface area (Å²) < 4.78 is 0. The molecule has 1 fully saturated rings. The summed E-state index contributed by atoms with van der Waals surface area (Å²) in [6.45, 7) is 10.9. The second-order valence-corrected chi connectivity index (χ2v) is 7.35. The summed E-state index contributed by atoms with van der Waals surface area (Å²) in [7, 11) is 0. The van der Waals surface area contributed by atoms with Crippen LogP contribution in [-0.4, -0.2) is 47.9 Å². The third-order valence-corrected chi connectivity index (χ3v) is 5.13. The lowest BCUT2D eigenvalue weighted by Crippen LogP contribution is -2.49. The summed E-state index contributed by atoms with van der Waals surface area (Å²) in [5.41, 5.74) is 7.43. The highest BCUT2D eigenvalue weighted by atomic mass is 16.2. The molecule has 0 unspecified atom stereocenters. The second-order valence-electron chi connectivity index (χ2n) is 7.35. The number of likely N-dealkylation sites (tertiary alicyclic amines) is 1. The van der Waals surface area contributed by atoms with Crippen LogP contribution in [0.1, 0.15) is 39.2 Å². The molecule has 1 aliphatic rings. The fourth-order valence-electron chi connectivity index (χ4n) is 3.35. The van der Waals surface area contributed by atoms with Crippen molar-refractivity contribution in [2.45, 2.75) is 46.2 Å². The predicted octanol–water partition coefficient (Wildman–Crippen LogP) is 2.73. The maximum Gasteiger partial charge on any atom is 0.239 e. The van der Waals surface area contributed by atoms with Crippen molar-refractivity contribution in [1.82, 2.24) is 9.80 Å². The highest BCUT2D eigenvalue weighted by Gasteiger charge is 2.26. The molecule has 0 aromatic heterocycles. The first kappa shape index (κ1) is 18.9. The molecule has 0 saturated carbocycles. The first-order chi connectivity index (χ1) is 11.5. The van der Waals surface area contributed by atoms with E-state index in [4.69, 9.17) is 5.73 Å². The normalized spacial score (nSPS) is 17.9. The van der Waals surface area contributed by atoms with E-state index < -0.39 is 0 Å². The SMILES string of the molecule is CCN(CC1CCN(Cc2ccccc2)CC1)C(=O)[C@@H](N)C(C)C. The van der Waals surface area contributed by atoms with Gasteiger partial charge in [-0.25, -0.2) is 0 Å². The minimum atomic E-state index is -0.372. The van der Waals surface area contributed by atoms with Gasteiger partial charge in [0.15, 0.2) is 0 Å². The van der Waals surface area contributed by atoms with Crippen LogP contribution in [0.3, 0.4) is 0 Å². The van der Waals surface area contributed by atoms with E-state index in [9.17, 15) is 4.79 Å². The van der Waals surface area contributed by atoms with Gasteiger partial charge < -0.3 is 10.6 Å². The van der Waals surface area contributed by atoms with Crippen LogP contribution >= 0.6 is 0 Å². The Labute approximate surface area is 147 Å². The topological polar surface area (TPSA) is 49.6 Å². The summed E-state index contributed by atoms with van der Waals surface area (Å²) in [6.07, 6.45) is 2.32. The van der Waals surface area contributed by atoms with Crippen LogP contribution in [-0.2, 0) is 11.3 Å². The zero-order valence-electron chi connectivity index (χ0n) is 15.4. The van der Waals surface area contributed by atoms with Crippen molar-refractivity contribution < 1.29 is 4.79 Å². The van der Waals surface area contributed by atoms with Gasteiger partial charge in [-0.2, -0.15) is 0 Å². The molecule has 1 aliphatic heterocycles. The van der Waals surface area contributed by atoms with Crippen LogP contribution in [0.2, 0.25) is 0 Å². The Bertz CT molecular complexity index is 495. The maximum atomic E-state index is 12.5. The first-order valence-electron chi connectivity index (χ1n) is 9.32. The average Bonchev–Trinajstić information content (AvgIpc) is 2.60. The maximum absolute atomic E-state index is 12.5. The van der Waals surface area contributed by atoms with Gasteiger partial charge in [-0.1, -0.05) is 44.2 Å². The summed E-state index contributed by atoms with van der Waals surface area (Å²) in [5, 5.41) is 0. The summed E-state index contributed by atoms with van der Waals surface area (Å²) in [5.74, 6) is 0.902. The van der Waals surface area contributed by atoms with Crippen LogP contribution in [0.25, 0.3) is 0 Å².